The molecule has 118 valence electrons. The lowest BCUT2D eigenvalue weighted by Crippen LogP contribution is -2.52. The molecule has 22 heavy (non-hydrogen) atoms. The Kier molecular flexibility index (Phi) is 3.77. The Morgan fingerprint density at radius 3 is 2.86 bits per heavy atom. The van der Waals surface area contributed by atoms with Crippen LogP contribution in [0, 0.1) is 5.92 Å². The number of aromatic nitrogens is 2. The highest BCUT2D eigenvalue weighted by Gasteiger charge is 2.34. The summed E-state index contributed by atoms with van der Waals surface area (Å²) in [7, 11) is 0. The molecule has 1 N–H and O–H groups in total. The second-order valence-corrected chi connectivity index (χ2v) is 7.24. The number of carbonyl (C=O) groups excluding carboxylic acids is 1. The van der Waals surface area contributed by atoms with Crippen LogP contribution in [0.3, 0.4) is 0 Å². The fraction of sp³-hybridized carbons (Fsp3) is 0.500. The van der Waals surface area contributed by atoms with Crippen molar-refractivity contribution in [2.24, 2.45) is 5.92 Å². The van der Waals surface area contributed by atoms with Gasteiger partial charge >= 0.3 is 6.09 Å². The number of rotatable bonds is 2. The van der Waals surface area contributed by atoms with Gasteiger partial charge in [-0.25, -0.2) is 9.78 Å². The maximum atomic E-state index is 11.9. The molecule has 0 spiro atoms. The molecule has 1 fully saturated rings. The van der Waals surface area contributed by atoms with E-state index in [0.717, 1.165) is 23.3 Å². The first-order valence-electron chi connectivity index (χ1n) is 7.42. The summed E-state index contributed by atoms with van der Waals surface area (Å²) >= 11 is 5.97. The van der Waals surface area contributed by atoms with E-state index in [9.17, 15) is 4.79 Å². The summed E-state index contributed by atoms with van der Waals surface area (Å²) < 4.78 is 5.35. The molecule has 0 radical (unpaired) electrons. The maximum Gasteiger partial charge on any atom is 0.410 e. The number of nitrogens with one attached hydrogen (secondary N) is 1. The van der Waals surface area contributed by atoms with Crippen LogP contribution in [0.2, 0.25) is 5.02 Å². The highest BCUT2D eigenvalue weighted by atomic mass is 35.5. The van der Waals surface area contributed by atoms with Gasteiger partial charge < -0.3 is 14.6 Å². The Hall–Kier alpha value is -1.75. The molecule has 0 atom stereocenters. The fourth-order valence-electron chi connectivity index (χ4n) is 2.58. The Bertz CT molecular complexity index is 699. The van der Waals surface area contributed by atoms with Crippen molar-refractivity contribution in [3.05, 3.63) is 29.0 Å². The van der Waals surface area contributed by atoms with Crippen LogP contribution in [0.1, 0.15) is 26.6 Å². The maximum absolute atomic E-state index is 11.9. The van der Waals surface area contributed by atoms with E-state index >= 15 is 0 Å². The van der Waals surface area contributed by atoms with E-state index in [-0.39, 0.29) is 6.09 Å². The smallest absolute Gasteiger partial charge is 0.410 e. The molecule has 1 aromatic carbocycles. The van der Waals surface area contributed by atoms with Crippen molar-refractivity contribution in [1.29, 1.82) is 0 Å². The Labute approximate surface area is 134 Å². The highest BCUT2D eigenvalue weighted by molar-refractivity contribution is 6.31. The average molecular weight is 322 g/mol. The van der Waals surface area contributed by atoms with Crippen LogP contribution >= 0.6 is 11.6 Å². The number of ether oxygens (including phenoxy) is 1. The lowest BCUT2D eigenvalue weighted by Gasteiger charge is -2.39. The Morgan fingerprint density at radius 2 is 2.18 bits per heavy atom. The molecule has 5 nitrogen and oxygen atoms in total. The van der Waals surface area contributed by atoms with Crippen LogP contribution in [0.25, 0.3) is 11.0 Å². The number of nitrogens with zero attached hydrogens (tertiary/aromatic N) is 2. The zero-order chi connectivity index (χ0) is 15.9. The summed E-state index contributed by atoms with van der Waals surface area (Å²) in [6.07, 6.45) is 0.589. The van der Waals surface area contributed by atoms with Gasteiger partial charge in [0.15, 0.2) is 0 Å². The molecule has 0 saturated carbocycles. The molecular formula is C16H20ClN3O2. The van der Waals surface area contributed by atoms with Gasteiger partial charge in [0.1, 0.15) is 11.4 Å². The fourth-order valence-corrected chi connectivity index (χ4v) is 2.75. The first-order valence-corrected chi connectivity index (χ1v) is 7.80. The van der Waals surface area contributed by atoms with Crippen LogP contribution in [-0.4, -0.2) is 39.7 Å². The van der Waals surface area contributed by atoms with Crippen LogP contribution in [0.15, 0.2) is 18.2 Å². The number of benzene rings is 1. The number of carbonyl (C=O) groups is 1. The molecule has 1 aromatic heterocycles. The second kappa shape index (κ2) is 5.47. The number of amides is 1. The number of halogens is 1. The van der Waals surface area contributed by atoms with Crippen LogP contribution in [0.4, 0.5) is 4.79 Å². The van der Waals surface area contributed by atoms with Crippen molar-refractivity contribution in [2.75, 3.05) is 13.1 Å². The van der Waals surface area contributed by atoms with Gasteiger partial charge in [-0.15, -0.1) is 0 Å². The number of aromatic amines is 1. The SMILES string of the molecule is CC(C)(C)OC(=O)N1CC(Cc2nc3ccc(Cl)cc3[nH]2)C1. The molecule has 1 aliphatic rings. The highest BCUT2D eigenvalue weighted by Crippen LogP contribution is 2.24. The molecule has 0 aliphatic carbocycles. The molecule has 3 rings (SSSR count). The molecule has 2 heterocycles. The largest absolute Gasteiger partial charge is 0.444 e. The van der Waals surface area contributed by atoms with Crippen LogP contribution in [0.5, 0.6) is 0 Å². The van der Waals surface area contributed by atoms with Gasteiger partial charge in [-0.3, -0.25) is 0 Å². The third kappa shape index (κ3) is 3.35. The van der Waals surface area contributed by atoms with Gasteiger partial charge in [-0.2, -0.15) is 0 Å². The standard InChI is InChI=1S/C16H20ClN3O2/c1-16(2,3)22-15(21)20-8-10(9-20)6-14-18-12-5-4-11(17)7-13(12)19-14/h4-5,7,10H,6,8-9H2,1-3H3,(H,18,19). The summed E-state index contributed by atoms with van der Waals surface area (Å²) in [6, 6.07) is 5.62. The van der Waals surface area contributed by atoms with Crippen LogP contribution < -0.4 is 0 Å². The van der Waals surface area contributed by atoms with E-state index < -0.39 is 5.60 Å². The molecule has 0 bridgehead atoms. The van der Waals surface area contributed by atoms with Gasteiger partial charge in [-0.05, 0) is 39.0 Å². The summed E-state index contributed by atoms with van der Waals surface area (Å²) in [5.41, 5.74) is 1.42. The minimum absolute atomic E-state index is 0.236. The second-order valence-electron chi connectivity index (χ2n) is 6.80. The van der Waals surface area contributed by atoms with Gasteiger partial charge in [-0.1, -0.05) is 11.6 Å². The Morgan fingerprint density at radius 1 is 1.45 bits per heavy atom. The van der Waals surface area contributed by atoms with E-state index in [1.54, 1.807) is 4.90 Å². The lowest BCUT2D eigenvalue weighted by atomic mass is 9.97. The minimum atomic E-state index is -0.444. The third-order valence-corrected chi connectivity index (χ3v) is 3.82. The summed E-state index contributed by atoms with van der Waals surface area (Å²) in [4.78, 5) is 21.5. The lowest BCUT2D eigenvalue weighted by molar-refractivity contribution is -0.00111. The average Bonchev–Trinajstić information content (AvgIpc) is 2.72. The minimum Gasteiger partial charge on any atom is -0.444 e. The summed E-state index contributed by atoms with van der Waals surface area (Å²) in [5.74, 6) is 1.36. The van der Waals surface area contributed by atoms with Gasteiger partial charge in [0.2, 0.25) is 0 Å². The Balaban J connectivity index is 1.56. The van der Waals surface area contributed by atoms with E-state index in [2.05, 4.69) is 9.97 Å². The van der Waals surface area contributed by atoms with Gasteiger partial charge in [0.05, 0.1) is 11.0 Å². The zero-order valence-electron chi connectivity index (χ0n) is 13.0. The molecular weight excluding hydrogens is 302 g/mol. The topological polar surface area (TPSA) is 58.2 Å². The molecule has 2 aromatic rings. The molecule has 0 unspecified atom stereocenters. The molecule has 6 heteroatoms. The van der Waals surface area contributed by atoms with E-state index in [1.165, 1.54) is 0 Å². The van der Waals surface area contributed by atoms with Crippen molar-refractivity contribution in [3.8, 4) is 0 Å². The van der Waals surface area contributed by atoms with Crippen molar-refractivity contribution >= 4 is 28.7 Å². The normalized spacial score (nSPS) is 15.9. The van der Waals surface area contributed by atoms with Crippen molar-refractivity contribution in [3.63, 3.8) is 0 Å². The molecule has 1 aliphatic heterocycles. The first-order chi connectivity index (χ1) is 10.3. The number of H-pyrrole nitrogens is 1. The van der Waals surface area contributed by atoms with Crippen molar-refractivity contribution in [2.45, 2.75) is 32.8 Å². The van der Waals surface area contributed by atoms with Gasteiger partial charge in [0, 0.05) is 30.5 Å². The number of hydrogen-bond donors (Lipinski definition) is 1. The van der Waals surface area contributed by atoms with Gasteiger partial charge in [0.25, 0.3) is 0 Å². The number of likely N-dealkylation sites (tertiary alicyclic amines) is 1. The van der Waals surface area contributed by atoms with Crippen LogP contribution in [-0.2, 0) is 11.2 Å². The van der Waals surface area contributed by atoms with E-state index in [4.69, 9.17) is 16.3 Å². The molecule has 1 amide bonds. The summed E-state index contributed by atoms with van der Waals surface area (Å²) in [5, 5.41) is 0.697. The first kappa shape index (κ1) is 15.2. The monoisotopic (exact) mass is 321 g/mol. The molecule has 1 saturated heterocycles. The summed E-state index contributed by atoms with van der Waals surface area (Å²) in [6.45, 7) is 7.06. The predicted molar refractivity (Wildman–Crippen MR) is 86.1 cm³/mol. The van der Waals surface area contributed by atoms with Crippen molar-refractivity contribution < 1.29 is 9.53 Å². The zero-order valence-corrected chi connectivity index (χ0v) is 13.8. The number of imidazole rings is 1. The predicted octanol–water partition coefficient (Wildman–Crippen LogP) is 3.63. The third-order valence-electron chi connectivity index (χ3n) is 3.58. The van der Waals surface area contributed by atoms with E-state index in [0.29, 0.717) is 24.0 Å². The number of fused-ring (bicyclic) bond motifs is 1. The van der Waals surface area contributed by atoms with Crippen molar-refractivity contribution in [1.82, 2.24) is 14.9 Å². The van der Waals surface area contributed by atoms with E-state index in [1.807, 2.05) is 39.0 Å². The quantitative estimate of drug-likeness (QED) is 0.919. The number of hydrogen-bond acceptors (Lipinski definition) is 3.